The number of aromatic nitrogens is 2. The molecule has 0 radical (unpaired) electrons. The van der Waals surface area contributed by atoms with Gasteiger partial charge in [-0.05, 0) is 12.1 Å². The van der Waals surface area contributed by atoms with Crippen LogP contribution in [0.1, 0.15) is 0 Å². The summed E-state index contributed by atoms with van der Waals surface area (Å²) in [6, 6.07) is 5.59. The van der Waals surface area contributed by atoms with E-state index in [1.54, 1.807) is 11.6 Å². The minimum Gasteiger partial charge on any atom is -0.493 e. The molecule has 0 unspecified atom stereocenters. The molecule has 0 aliphatic heterocycles. The lowest BCUT2D eigenvalue weighted by atomic mass is 10.4. The summed E-state index contributed by atoms with van der Waals surface area (Å²) in [5.41, 5.74) is 0.794. The van der Waals surface area contributed by atoms with E-state index < -0.39 is 0 Å². The fourth-order valence-electron chi connectivity index (χ4n) is 0.872. The number of hydrogen-bond donors (Lipinski definition) is 1. The zero-order chi connectivity index (χ0) is 8.39. The van der Waals surface area contributed by atoms with Crippen molar-refractivity contribution in [3.8, 4) is 16.6 Å². The molecule has 2 rings (SSSR count). The molecule has 0 aromatic carbocycles. The Balaban J connectivity index is 2.45. The number of aromatic hydroxyl groups is 1. The Morgan fingerprint density at radius 3 is 2.83 bits per heavy atom. The van der Waals surface area contributed by atoms with Crippen molar-refractivity contribution < 1.29 is 5.11 Å². The number of hydrogen-bond acceptors (Lipinski definition) is 4. The van der Waals surface area contributed by atoms with Crippen LogP contribution in [0, 0.1) is 0 Å². The van der Waals surface area contributed by atoms with Crippen LogP contribution in [0.3, 0.4) is 0 Å². The maximum Gasteiger partial charge on any atom is 0.222 e. The van der Waals surface area contributed by atoms with Gasteiger partial charge in [0.25, 0.3) is 0 Å². The van der Waals surface area contributed by atoms with Crippen LogP contribution in [0.2, 0.25) is 0 Å². The summed E-state index contributed by atoms with van der Waals surface area (Å²) >= 11 is 1.38. The monoisotopic (exact) mass is 178 g/mol. The van der Waals surface area contributed by atoms with E-state index in [0.717, 1.165) is 10.7 Å². The van der Waals surface area contributed by atoms with Crippen LogP contribution in [-0.2, 0) is 0 Å². The second-order valence-electron chi connectivity index (χ2n) is 2.23. The van der Waals surface area contributed by atoms with Crippen molar-refractivity contribution in [3.63, 3.8) is 0 Å². The lowest BCUT2D eigenvalue weighted by Crippen LogP contribution is -1.78. The second-order valence-corrected chi connectivity index (χ2v) is 3.08. The van der Waals surface area contributed by atoms with Crippen LogP contribution < -0.4 is 0 Å². The first-order chi connectivity index (χ1) is 5.86. The van der Waals surface area contributed by atoms with Crippen LogP contribution in [0.25, 0.3) is 10.7 Å². The molecule has 0 aliphatic rings. The Hall–Kier alpha value is -1.42. The molecule has 12 heavy (non-hydrogen) atoms. The molecular weight excluding hydrogens is 172 g/mol. The molecule has 0 amide bonds. The van der Waals surface area contributed by atoms with Gasteiger partial charge in [0.15, 0.2) is 0 Å². The van der Waals surface area contributed by atoms with Crippen LogP contribution in [0.5, 0.6) is 5.88 Å². The van der Waals surface area contributed by atoms with Crippen molar-refractivity contribution in [1.29, 1.82) is 0 Å². The first-order valence-corrected chi connectivity index (χ1v) is 4.30. The van der Waals surface area contributed by atoms with E-state index in [-0.39, 0.29) is 5.88 Å². The standard InChI is InChI=1S/C8H6N2OS/c11-7-5-12-8(10-7)6-3-1-2-4-9-6/h1-5,11H. The molecule has 0 atom stereocenters. The third-order valence-corrected chi connectivity index (χ3v) is 2.23. The molecule has 2 heterocycles. The molecule has 0 aliphatic carbocycles. The highest BCUT2D eigenvalue weighted by molar-refractivity contribution is 7.13. The molecule has 60 valence electrons. The maximum absolute atomic E-state index is 8.99. The Labute approximate surface area is 73.4 Å². The molecule has 2 aromatic rings. The second kappa shape index (κ2) is 2.91. The largest absolute Gasteiger partial charge is 0.493 e. The number of nitrogens with zero attached hydrogens (tertiary/aromatic N) is 2. The van der Waals surface area contributed by atoms with E-state index in [4.69, 9.17) is 5.11 Å². The van der Waals surface area contributed by atoms with Gasteiger partial charge in [-0.1, -0.05) is 6.07 Å². The minimum atomic E-state index is 0.0562. The number of pyridine rings is 1. The molecule has 0 saturated carbocycles. The Morgan fingerprint density at radius 2 is 2.25 bits per heavy atom. The molecule has 2 aromatic heterocycles. The summed E-state index contributed by atoms with van der Waals surface area (Å²) in [4.78, 5) is 7.99. The van der Waals surface area contributed by atoms with Crippen molar-refractivity contribution >= 4 is 11.3 Å². The smallest absolute Gasteiger partial charge is 0.222 e. The van der Waals surface area contributed by atoms with Crippen molar-refractivity contribution in [2.75, 3.05) is 0 Å². The topological polar surface area (TPSA) is 46.0 Å². The number of rotatable bonds is 1. The molecule has 0 saturated heterocycles. The third kappa shape index (κ3) is 1.29. The summed E-state index contributed by atoms with van der Waals surface area (Å²) in [5, 5.41) is 11.3. The Morgan fingerprint density at radius 1 is 1.33 bits per heavy atom. The molecular formula is C8H6N2OS. The summed E-state index contributed by atoms with van der Waals surface area (Å²) < 4.78 is 0. The van der Waals surface area contributed by atoms with Gasteiger partial charge in [0.05, 0.1) is 11.1 Å². The average molecular weight is 178 g/mol. The van der Waals surface area contributed by atoms with Crippen molar-refractivity contribution in [2.45, 2.75) is 0 Å². The molecule has 0 spiro atoms. The molecule has 3 nitrogen and oxygen atoms in total. The number of thiazole rings is 1. The van der Waals surface area contributed by atoms with E-state index >= 15 is 0 Å². The van der Waals surface area contributed by atoms with E-state index in [9.17, 15) is 0 Å². The fraction of sp³-hybridized carbons (Fsp3) is 0. The summed E-state index contributed by atoms with van der Waals surface area (Å²) in [5.74, 6) is 0.0562. The van der Waals surface area contributed by atoms with Crippen molar-refractivity contribution in [2.24, 2.45) is 0 Å². The van der Waals surface area contributed by atoms with Crippen LogP contribution in [-0.4, -0.2) is 15.1 Å². The highest BCUT2D eigenvalue weighted by atomic mass is 32.1. The zero-order valence-electron chi connectivity index (χ0n) is 6.14. The van der Waals surface area contributed by atoms with E-state index in [1.807, 2.05) is 18.2 Å². The predicted octanol–water partition coefficient (Wildman–Crippen LogP) is 1.91. The van der Waals surface area contributed by atoms with Crippen LogP contribution >= 0.6 is 11.3 Å². The van der Waals surface area contributed by atoms with Gasteiger partial charge in [-0.2, -0.15) is 0 Å². The molecule has 0 fully saturated rings. The first-order valence-electron chi connectivity index (χ1n) is 3.42. The normalized spacial score (nSPS) is 10.0. The van der Waals surface area contributed by atoms with E-state index in [2.05, 4.69) is 9.97 Å². The zero-order valence-corrected chi connectivity index (χ0v) is 6.95. The highest BCUT2D eigenvalue weighted by Gasteiger charge is 2.02. The van der Waals surface area contributed by atoms with Crippen molar-refractivity contribution in [1.82, 2.24) is 9.97 Å². The van der Waals surface area contributed by atoms with Gasteiger partial charge >= 0.3 is 0 Å². The predicted molar refractivity (Wildman–Crippen MR) is 47.0 cm³/mol. The SMILES string of the molecule is Oc1csc(-c2ccccn2)n1. The maximum atomic E-state index is 8.99. The lowest BCUT2D eigenvalue weighted by molar-refractivity contribution is 0.458. The summed E-state index contributed by atoms with van der Waals surface area (Å²) in [6.07, 6.45) is 1.70. The quantitative estimate of drug-likeness (QED) is 0.725. The van der Waals surface area contributed by atoms with Gasteiger partial charge in [0.2, 0.25) is 5.88 Å². The minimum absolute atomic E-state index is 0.0562. The van der Waals surface area contributed by atoms with Gasteiger partial charge in [-0.25, -0.2) is 4.98 Å². The van der Waals surface area contributed by atoms with E-state index in [0.29, 0.717) is 0 Å². The summed E-state index contributed by atoms with van der Waals surface area (Å²) in [6.45, 7) is 0. The first kappa shape index (κ1) is 7.24. The van der Waals surface area contributed by atoms with Crippen molar-refractivity contribution in [3.05, 3.63) is 29.8 Å². The van der Waals surface area contributed by atoms with Gasteiger partial charge in [0, 0.05) is 6.20 Å². The molecule has 0 bridgehead atoms. The van der Waals surface area contributed by atoms with Crippen LogP contribution in [0.4, 0.5) is 0 Å². The Kier molecular flexibility index (Phi) is 1.75. The van der Waals surface area contributed by atoms with E-state index in [1.165, 1.54) is 11.3 Å². The molecule has 4 heteroatoms. The average Bonchev–Trinajstić information content (AvgIpc) is 2.54. The van der Waals surface area contributed by atoms with Gasteiger partial charge in [0.1, 0.15) is 5.01 Å². The highest BCUT2D eigenvalue weighted by Crippen LogP contribution is 2.23. The lowest BCUT2D eigenvalue weighted by Gasteiger charge is -1.90. The summed E-state index contributed by atoms with van der Waals surface area (Å²) in [7, 11) is 0. The van der Waals surface area contributed by atoms with Gasteiger partial charge in [-0.15, -0.1) is 11.3 Å². The van der Waals surface area contributed by atoms with Crippen LogP contribution in [0.15, 0.2) is 29.8 Å². The van der Waals surface area contributed by atoms with Gasteiger partial charge in [-0.3, -0.25) is 4.98 Å². The fourth-order valence-corrected chi connectivity index (χ4v) is 1.53. The Bertz CT molecular complexity index is 372. The third-order valence-electron chi connectivity index (χ3n) is 1.38. The molecule has 1 N–H and O–H groups in total. The van der Waals surface area contributed by atoms with Gasteiger partial charge < -0.3 is 5.11 Å².